The van der Waals surface area contributed by atoms with Crippen LogP contribution >= 0.6 is 0 Å². The van der Waals surface area contributed by atoms with Crippen LogP contribution in [0, 0.1) is 0 Å². The Bertz CT molecular complexity index is 1040. The molecule has 0 aliphatic heterocycles. The Morgan fingerprint density at radius 2 is 1.81 bits per heavy atom. The minimum atomic E-state index is -0.570. The summed E-state index contributed by atoms with van der Waals surface area (Å²) in [5.41, 5.74) is 1.64. The van der Waals surface area contributed by atoms with E-state index in [-0.39, 0.29) is 24.9 Å². The van der Waals surface area contributed by atoms with E-state index in [1.165, 1.54) is 6.08 Å². The SMILES string of the molecule is C[C@H](NC(=O)COC(=O)CCNC(=O)/C=C/c1ccccc1)c1cc2ccccc2o1. The third kappa shape index (κ3) is 6.85. The van der Waals surface area contributed by atoms with Crippen molar-refractivity contribution in [1.29, 1.82) is 0 Å². The molecule has 7 heteroatoms. The van der Waals surface area contributed by atoms with Gasteiger partial charge in [-0.25, -0.2) is 0 Å². The molecule has 3 aromatic rings. The zero-order chi connectivity index (χ0) is 22.1. The summed E-state index contributed by atoms with van der Waals surface area (Å²) >= 11 is 0. The Balaban J connectivity index is 1.33. The molecule has 0 saturated carbocycles. The second-order valence-electron chi connectivity index (χ2n) is 6.92. The average molecular weight is 420 g/mol. The molecule has 0 fully saturated rings. The lowest BCUT2D eigenvalue weighted by Crippen LogP contribution is -2.31. The number of furan rings is 1. The van der Waals surface area contributed by atoms with Gasteiger partial charge in [-0.3, -0.25) is 14.4 Å². The average Bonchev–Trinajstić information content (AvgIpc) is 3.21. The third-order valence-electron chi connectivity index (χ3n) is 4.47. The number of para-hydroxylation sites is 1. The summed E-state index contributed by atoms with van der Waals surface area (Å²) in [7, 11) is 0. The van der Waals surface area contributed by atoms with Gasteiger partial charge in [0.25, 0.3) is 5.91 Å². The van der Waals surface area contributed by atoms with Gasteiger partial charge in [0.15, 0.2) is 6.61 Å². The van der Waals surface area contributed by atoms with Gasteiger partial charge in [-0.2, -0.15) is 0 Å². The quantitative estimate of drug-likeness (QED) is 0.409. The number of carbonyl (C=O) groups excluding carboxylic acids is 3. The molecule has 2 aromatic carbocycles. The van der Waals surface area contributed by atoms with Gasteiger partial charge in [-0.15, -0.1) is 0 Å². The van der Waals surface area contributed by atoms with Crippen LogP contribution in [0.3, 0.4) is 0 Å². The maximum absolute atomic E-state index is 12.0. The third-order valence-corrected chi connectivity index (χ3v) is 4.47. The van der Waals surface area contributed by atoms with E-state index in [2.05, 4.69) is 10.6 Å². The molecule has 31 heavy (non-hydrogen) atoms. The van der Waals surface area contributed by atoms with E-state index < -0.39 is 18.5 Å². The van der Waals surface area contributed by atoms with E-state index in [4.69, 9.17) is 9.15 Å². The van der Waals surface area contributed by atoms with E-state index in [1.807, 2.05) is 60.7 Å². The molecule has 0 spiro atoms. The van der Waals surface area contributed by atoms with Gasteiger partial charge in [0.1, 0.15) is 11.3 Å². The molecule has 0 radical (unpaired) electrons. The predicted octanol–water partition coefficient (Wildman–Crippen LogP) is 3.37. The van der Waals surface area contributed by atoms with Crippen LogP contribution in [0.1, 0.15) is 30.7 Å². The fraction of sp³-hybridized carbons (Fsp3) is 0.208. The first kappa shape index (κ1) is 21.8. The van der Waals surface area contributed by atoms with Gasteiger partial charge in [-0.1, -0.05) is 48.5 Å². The van der Waals surface area contributed by atoms with Gasteiger partial charge in [0.05, 0.1) is 12.5 Å². The Labute approximate surface area is 180 Å². The van der Waals surface area contributed by atoms with Crippen LogP contribution in [-0.4, -0.2) is 30.9 Å². The molecular weight excluding hydrogens is 396 g/mol. The van der Waals surface area contributed by atoms with E-state index in [1.54, 1.807) is 13.0 Å². The minimum absolute atomic E-state index is 0.0304. The highest BCUT2D eigenvalue weighted by atomic mass is 16.5. The van der Waals surface area contributed by atoms with Gasteiger partial charge in [0, 0.05) is 18.0 Å². The Hall–Kier alpha value is -3.87. The van der Waals surface area contributed by atoms with Crippen LogP contribution < -0.4 is 10.6 Å². The lowest BCUT2D eigenvalue weighted by atomic mass is 10.2. The van der Waals surface area contributed by atoms with Crippen LogP contribution in [0.15, 0.2) is 71.2 Å². The van der Waals surface area contributed by atoms with E-state index in [0.29, 0.717) is 5.76 Å². The lowest BCUT2D eigenvalue weighted by Gasteiger charge is -2.11. The zero-order valence-corrected chi connectivity index (χ0v) is 17.2. The van der Waals surface area contributed by atoms with Crippen LogP contribution in [0.4, 0.5) is 0 Å². The lowest BCUT2D eigenvalue weighted by molar-refractivity contribution is -0.148. The molecule has 0 bridgehead atoms. The van der Waals surface area contributed by atoms with Crippen molar-refractivity contribution in [3.8, 4) is 0 Å². The molecule has 1 atom stereocenters. The van der Waals surface area contributed by atoms with Crippen molar-refractivity contribution < 1.29 is 23.5 Å². The Kier molecular flexibility index (Phi) is 7.59. The molecule has 3 rings (SSSR count). The van der Waals surface area contributed by atoms with Crippen molar-refractivity contribution >= 4 is 34.8 Å². The predicted molar refractivity (Wildman–Crippen MR) is 117 cm³/mol. The summed E-state index contributed by atoms with van der Waals surface area (Å²) in [5, 5.41) is 6.28. The molecule has 2 N–H and O–H groups in total. The summed E-state index contributed by atoms with van der Waals surface area (Å²) < 4.78 is 10.7. The van der Waals surface area contributed by atoms with Crippen LogP contribution in [-0.2, 0) is 19.1 Å². The zero-order valence-electron chi connectivity index (χ0n) is 17.2. The Morgan fingerprint density at radius 3 is 2.58 bits per heavy atom. The van der Waals surface area contributed by atoms with Crippen molar-refractivity contribution in [3.05, 3.63) is 78.1 Å². The molecule has 160 valence electrons. The number of benzene rings is 2. The molecule has 7 nitrogen and oxygen atoms in total. The van der Waals surface area contributed by atoms with E-state index in [9.17, 15) is 14.4 Å². The normalized spacial score (nSPS) is 11.9. The number of rotatable bonds is 9. The smallest absolute Gasteiger partial charge is 0.308 e. The first-order valence-electron chi connectivity index (χ1n) is 9.95. The van der Waals surface area contributed by atoms with Crippen molar-refractivity contribution in [2.75, 3.05) is 13.2 Å². The number of esters is 1. The first-order chi connectivity index (χ1) is 15.0. The summed E-state index contributed by atoms with van der Waals surface area (Å²) in [6.45, 7) is 1.51. The van der Waals surface area contributed by atoms with Crippen LogP contribution in [0.2, 0.25) is 0 Å². The van der Waals surface area contributed by atoms with Crippen molar-refractivity contribution in [2.24, 2.45) is 0 Å². The molecule has 0 saturated heterocycles. The molecule has 0 aliphatic carbocycles. The topological polar surface area (TPSA) is 97.6 Å². The van der Waals surface area contributed by atoms with E-state index in [0.717, 1.165) is 16.5 Å². The highest BCUT2D eigenvalue weighted by Gasteiger charge is 2.15. The molecule has 2 amide bonds. The minimum Gasteiger partial charge on any atom is -0.459 e. The number of carbonyl (C=O) groups is 3. The maximum atomic E-state index is 12.0. The van der Waals surface area contributed by atoms with Gasteiger partial charge < -0.3 is 19.8 Å². The van der Waals surface area contributed by atoms with Crippen molar-refractivity contribution in [1.82, 2.24) is 10.6 Å². The first-order valence-corrected chi connectivity index (χ1v) is 9.95. The van der Waals surface area contributed by atoms with Crippen molar-refractivity contribution in [3.63, 3.8) is 0 Å². The summed E-state index contributed by atoms with van der Waals surface area (Å²) in [6.07, 6.45) is 3.05. The number of fused-ring (bicyclic) bond motifs is 1. The van der Waals surface area contributed by atoms with Gasteiger partial charge in [0.2, 0.25) is 5.91 Å². The monoisotopic (exact) mass is 420 g/mol. The number of nitrogens with one attached hydrogen (secondary N) is 2. The number of amides is 2. The standard InChI is InChI=1S/C24H24N2O5/c1-17(21-15-19-9-5-6-10-20(19)31-21)26-23(28)16-30-24(29)13-14-25-22(27)12-11-18-7-3-2-4-8-18/h2-12,15,17H,13-14,16H2,1H3,(H,25,27)(H,26,28)/b12-11+/t17-/m0/s1. The fourth-order valence-corrected chi connectivity index (χ4v) is 2.87. The second-order valence-corrected chi connectivity index (χ2v) is 6.92. The number of ether oxygens (including phenoxy) is 1. The largest absolute Gasteiger partial charge is 0.459 e. The van der Waals surface area contributed by atoms with Crippen molar-refractivity contribution in [2.45, 2.75) is 19.4 Å². The second kappa shape index (κ2) is 10.8. The highest BCUT2D eigenvalue weighted by Crippen LogP contribution is 2.23. The van der Waals surface area contributed by atoms with Crippen LogP contribution in [0.5, 0.6) is 0 Å². The number of hydrogen-bond acceptors (Lipinski definition) is 5. The van der Waals surface area contributed by atoms with Gasteiger partial charge in [-0.05, 0) is 30.7 Å². The highest BCUT2D eigenvalue weighted by molar-refractivity contribution is 5.92. The maximum Gasteiger partial charge on any atom is 0.308 e. The van der Waals surface area contributed by atoms with Gasteiger partial charge >= 0.3 is 5.97 Å². The summed E-state index contributed by atoms with van der Waals surface area (Å²) in [6, 6.07) is 18.5. The summed E-state index contributed by atoms with van der Waals surface area (Å²) in [4.78, 5) is 35.6. The molecule has 0 unspecified atom stereocenters. The Morgan fingerprint density at radius 1 is 1.06 bits per heavy atom. The van der Waals surface area contributed by atoms with E-state index >= 15 is 0 Å². The fourth-order valence-electron chi connectivity index (χ4n) is 2.87. The molecule has 1 aromatic heterocycles. The molecular formula is C24H24N2O5. The van der Waals surface area contributed by atoms with Crippen LogP contribution in [0.25, 0.3) is 17.0 Å². The summed E-state index contributed by atoms with van der Waals surface area (Å²) in [5.74, 6) is -0.698. The molecule has 1 heterocycles. The molecule has 0 aliphatic rings. The number of hydrogen-bond donors (Lipinski definition) is 2.